The van der Waals surface area contributed by atoms with Gasteiger partial charge in [0, 0.05) is 31.9 Å². The molecule has 0 radical (unpaired) electrons. The van der Waals surface area contributed by atoms with Crippen LogP contribution in [0.25, 0.3) is 5.70 Å². The van der Waals surface area contributed by atoms with Gasteiger partial charge < -0.3 is 14.9 Å². The van der Waals surface area contributed by atoms with Gasteiger partial charge in [-0.1, -0.05) is 19.3 Å². The molecule has 0 spiro atoms. The molecule has 130 valence electrons. The molecule has 6 heteroatoms. The molecule has 1 N–H and O–H groups in total. The summed E-state index contributed by atoms with van der Waals surface area (Å²) in [6, 6.07) is 4.03. The zero-order chi connectivity index (χ0) is 17.7. The van der Waals surface area contributed by atoms with Gasteiger partial charge in [0.1, 0.15) is 0 Å². The summed E-state index contributed by atoms with van der Waals surface area (Å²) in [4.78, 5) is 19.7. The Hall–Kier alpha value is -2.37. The highest BCUT2D eigenvalue weighted by Gasteiger charge is 2.24. The van der Waals surface area contributed by atoms with Crippen LogP contribution >= 0.6 is 0 Å². The fraction of sp³-hybridized carbons (Fsp3) is 0.444. The molecule has 1 saturated carbocycles. The van der Waals surface area contributed by atoms with E-state index in [0.717, 1.165) is 31.7 Å². The van der Waals surface area contributed by atoms with Gasteiger partial charge in [0.15, 0.2) is 11.6 Å². The Bertz CT molecular complexity index is 639. The number of carbonyl (C=O) groups is 1. The van der Waals surface area contributed by atoms with Crippen LogP contribution < -0.4 is 0 Å². The normalized spacial score (nSPS) is 15.9. The van der Waals surface area contributed by atoms with Crippen molar-refractivity contribution in [3.05, 3.63) is 35.8 Å². The van der Waals surface area contributed by atoms with Gasteiger partial charge in [-0.2, -0.15) is 0 Å². The van der Waals surface area contributed by atoms with Crippen molar-refractivity contribution in [3.8, 4) is 5.75 Å². The molecule has 1 aliphatic rings. The lowest BCUT2D eigenvalue weighted by Gasteiger charge is -2.33. The van der Waals surface area contributed by atoms with Crippen molar-refractivity contribution in [1.29, 1.82) is 0 Å². The summed E-state index contributed by atoms with van der Waals surface area (Å²) in [5, 5.41) is 9.49. The monoisotopic (exact) mass is 333 g/mol. The Kier molecular flexibility index (Phi) is 5.95. The van der Waals surface area contributed by atoms with E-state index < -0.39 is 11.6 Å². The van der Waals surface area contributed by atoms with Crippen LogP contribution in [0.15, 0.2) is 29.4 Å². The van der Waals surface area contributed by atoms with E-state index in [9.17, 15) is 14.3 Å². The molecule has 0 unspecified atom stereocenters. The first-order chi connectivity index (χ1) is 11.4. The number of carbonyl (C=O) groups excluding carboxylic acids is 1. The van der Waals surface area contributed by atoms with Crippen LogP contribution in [0.4, 0.5) is 9.18 Å². The van der Waals surface area contributed by atoms with Gasteiger partial charge in [-0.3, -0.25) is 4.99 Å². The van der Waals surface area contributed by atoms with Gasteiger partial charge >= 0.3 is 6.03 Å². The number of aliphatic imine (C=N–C) groups is 1. The quantitative estimate of drug-likeness (QED) is 0.851. The second kappa shape index (κ2) is 7.95. The summed E-state index contributed by atoms with van der Waals surface area (Å²) in [5.41, 5.74) is 0.877. The minimum atomic E-state index is -0.705. The van der Waals surface area contributed by atoms with Crippen LogP contribution in [0.3, 0.4) is 0 Å². The first-order valence-corrected chi connectivity index (χ1v) is 8.11. The first kappa shape index (κ1) is 18.0. The molecule has 2 amide bonds. The summed E-state index contributed by atoms with van der Waals surface area (Å²) >= 11 is 0. The summed E-state index contributed by atoms with van der Waals surface area (Å²) in [5.74, 6) is -1.17. The largest absolute Gasteiger partial charge is 0.505 e. The zero-order valence-corrected chi connectivity index (χ0v) is 14.2. The number of phenolic OH excluding ortho intramolecular Hbond substituents is 1. The number of nitrogens with zero attached hydrogens (tertiary/aromatic N) is 3. The highest BCUT2D eigenvalue weighted by atomic mass is 19.1. The smallest absolute Gasteiger partial charge is 0.323 e. The van der Waals surface area contributed by atoms with E-state index in [-0.39, 0.29) is 12.1 Å². The number of amides is 2. The molecular weight excluding hydrogens is 309 g/mol. The molecule has 0 aromatic heterocycles. The van der Waals surface area contributed by atoms with Gasteiger partial charge in [-0.25, -0.2) is 9.18 Å². The van der Waals surface area contributed by atoms with E-state index >= 15 is 0 Å². The van der Waals surface area contributed by atoms with Crippen molar-refractivity contribution in [1.82, 2.24) is 9.80 Å². The Labute approximate surface area is 142 Å². The fourth-order valence-electron chi connectivity index (χ4n) is 2.99. The van der Waals surface area contributed by atoms with Gasteiger partial charge in [0.05, 0.1) is 5.70 Å². The lowest BCUT2D eigenvalue weighted by atomic mass is 9.95. The van der Waals surface area contributed by atoms with Crippen molar-refractivity contribution in [2.24, 2.45) is 4.99 Å². The minimum Gasteiger partial charge on any atom is -0.505 e. The average molecular weight is 333 g/mol. The van der Waals surface area contributed by atoms with E-state index in [1.807, 2.05) is 7.05 Å². The van der Waals surface area contributed by atoms with Crippen molar-refractivity contribution in [2.75, 3.05) is 14.1 Å². The Morgan fingerprint density at radius 1 is 1.33 bits per heavy atom. The van der Waals surface area contributed by atoms with E-state index in [1.165, 1.54) is 23.5 Å². The van der Waals surface area contributed by atoms with Gasteiger partial charge in [0.25, 0.3) is 0 Å². The third kappa shape index (κ3) is 4.13. The van der Waals surface area contributed by atoms with Gasteiger partial charge in [-0.05, 0) is 37.8 Å². The zero-order valence-electron chi connectivity index (χ0n) is 14.2. The second-order valence-corrected chi connectivity index (χ2v) is 6.13. The first-order valence-electron chi connectivity index (χ1n) is 8.11. The number of benzene rings is 1. The lowest BCUT2D eigenvalue weighted by Crippen LogP contribution is -2.43. The Morgan fingerprint density at radius 3 is 2.58 bits per heavy atom. The maximum absolute atomic E-state index is 13.2. The number of aromatic hydroxyl groups is 1. The van der Waals surface area contributed by atoms with Crippen LogP contribution in [0, 0.1) is 5.82 Å². The van der Waals surface area contributed by atoms with Gasteiger partial charge in [-0.15, -0.1) is 0 Å². The van der Waals surface area contributed by atoms with E-state index in [2.05, 4.69) is 11.7 Å². The molecule has 1 aliphatic carbocycles. The topological polar surface area (TPSA) is 56.1 Å². The highest BCUT2D eigenvalue weighted by Crippen LogP contribution is 2.25. The predicted molar refractivity (Wildman–Crippen MR) is 93.4 cm³/mol. The number of hydrogen-bond acceptors (Lipinski definition) is 3. The molecular formula is C18H24FN3O2. The molecule has 1 aromatic carbocycles. The molecule has 2 rings (SSSR count). The number of hydrogen-bond donors (Lipinski definition) is 1. The van der Waals surface area contributed by atoms with E-state index in [1.54, 1.807) is 18.1 Å². The maximum atomic E-state index is 13.2. The summed E-state index contributed by atoms with van der Waals surface area (Å²) in [6.07, 6.45) is 7.12. The molecule has 0 bridgehead atoms. The molecule has 1 aromatic rings. The lowest BCUT2D eigenvalue weighted by molar-refractivity contribution is 0.154. The fourth-order valence-corrected chi connectivity index (χ4v) is 2.99. The van der Waals surface area contributed by atoms with Crippen LogP contribution in [-0.4, -0.2) is 47.8 Å². The maximum Gasteiger partial charge on any atom is 0.323 e. The molecule has 0 saturated heterocycles. The number of rotatable bonds is 4. The summed E-state index contributed by atoms with van der Waals surface area (Å²) in [7, 11) is 3.46. The average Bonchev–Trinajstić information content (AvgIpc) is 2.61. The molecule has 0 aliphatic heterocycles. The van der Waals surface area contributed by atoms with Gasteiger partial charge in [0.2, 0.25) is 0 Å². The standard InChI is InChI=1S/C18H24FN3O2/c1-20-16(13-9-10-15(19)17(23)11-13)12-21(2)18(24)22(3)14-7-5-4-6-8-14/h9-12,14,23H,1,4-8H2,2-3H3. The van der Waals surface area contributed by atoms with Crippen molar-refractivity contribution in [2.45, 2.75) is 38.1 Å². The number of urea groups is 1. The third-order valence-electron chi connectivity index (χ3n) is 4.45. The van der Waals surface area contributed by atoms with Crippen LogP contribution in [0.2, 0.25) is 0 Å². The Morgan fingerprint density at radius 2 is 2.00 bits per heavy atom. The number of phenols is 1. The number of halogens is 1. The van der Waals surface area contributed by atoms with Crippen molar-refractivity contribution >= 4 is 18.4 Å². The summed E-state index contributed by atoms with van der Waals surface area (Å²) < 4.78 is 13.2. The van der Waals surface area contributed by atoms with Crippen LogP contribution in [0.5, 0.6) is 5.75 Å². The predicted octanol–water partition coefficient (Wildman–Crippen LogP) is 3.85. The van der Waals surface area contributed by atoms with Crippen molar-refractivity contribution < 1.29 is 14.3 Å². The third-order valence-corrected chi connectivity index (χ3v) is 4.45. The SMILES string of the molecule is C=NC(=CN(C)C(=O)N(C)C1CCCCC1)c1ccc(F)c(O)c1. The summed E-state index contributed by atoms with van der Waals surface area (Å²) in [6.45, 7) is 3.49. The second-order valence-electron chi connectivity index (χ2n) is 6.13. The van der Waals surface area contributed by atoms with Crippen molar-refractivity contribution in [3.63, 3.8) is 0 Å². The highest BCUT2D eigenvalue weighted by molar-refractivity contribution is 5.78. The molecule has 5 nitrogen and oxygen atoms in total. The Balaban J connectivity index is 2.15. The van der Waals surface area contributed by atoms with Crippen LogP contribution in [0.1, 0.15) is 37.7 Å². The molecule has 1 fully saturated rings. The minimum absolute atomic E-state index is 0.130. The molecule has 0 atom stereocenters. The molecule has 24 heavy (non-hydrogen) atoms. The van der Waals surface area contributed by atoms with Crippen LogP contribution in [-0.2, 0) is 0 Å². The van der Waals surface area contributed by atoms with E-state index in [0.29, 0.717) is 11.3 Å². The van der Waals surface area contributed by atoms with E-state index in [4.69, 9.17) is 0 Å². The molecule has 0 heterocycles.